The summed E-state index contributed by atoms with van der Waals surface area (Å²) in [5.74, 6) is 0.0633. The normalized spacial score (nSPS) is 18.2. The number of anilines is 1. The lowest BCUT2D eigenvalue weighted by Gasteiger charge is -2.43. The third-order valence-electron chi connectivity index (χ3n) is 7.82. The van der Waals surface area contributed by atoms with E-state index < -0.39 is 15.8 Å². The van der Waals surface area contributed by atoms with Gasteiger partial charge in [0.15, 0.2) is 0 Å². The van der Waals surface area contributed by atoms with E-state index in [0.29, 0.717) is 48.3 Å². The monoisotopic (exact) mass is 566 g/mol. The molecule has 1 N–H and O–H groups in total. The number of carbonyl (C=O) groups is 1. The molecule has 2 aromatic rings. The molecule has 208 valence electrons. The Morgan fingerprint density at radius 3 is 2.47 bits per heavy atom. The van der Waals surface area contributed by atoms with Crippen molar-refractivity contribution in [2.75, 3.05) is 44.3 Å². The van der Waals surface area contributed by atoms with E-state index >= 15 is 0 Å². The fourth-order valence-corrected chi connectivity index (χ4v) is 6.50. The van der Waals surface area contributed by atoms with E-state index in [1.807, 2.05) is 11.8 Å². The van der Waals surface area contributed by atoms with Crippen molar-refractivity contribution < 1.29 is 17.6 Å². The molecule has 4 rings (SSSR count). The third kappa shape index (κ3) is 6.44. The maximum atomic E-state index is 13.7. The maximum absolute atomic E-state index is 13.7. The highest BCUT2D eigenvalue weighted by atomic mass is 35.5. The van der Waals surface area contributed by atoms with E-state index in [1.54, 1.807) is 24.3 Å². The topological polar surface area (TPSA) is 98.7 Å². The summed E-state index contributed by atoms with van der Waals surface area (Å²) >= 11 is 5.76. The quantitative estimate of drug-likeness (QED) is 0.522. The zero-order valence-corrected chi connectivity index (χ0v) is 23.7. The van der Waals surface area contributed by atoms with Crippen molar-refractivity contribution in [3.05, 3.63) is 52.2 Å². The van der Waals surface area contributed by atoms with Crippen LogP contribution in [0.5, 0.6) is 0 Å². The number of aromatic nitrogens is 2. The molecule has 1 aromatic heterocycles. The number of benzene rings is 1. The fourth-order valence-electron chi connectivity index (χ4n) is 5.31. The summed E-state index contributed by atoms with van der Waals surface area (Å²) in [6, 6.07) is 5.06. The van der Waals surface area contributed by atoms with Crippen LogP contribution in [0.3, 0.4) is 0 Å². The number of rotatable bonds is 8. The molecule has 1 aromatic carbocycles. The first-order valence-electron chi connectivity index (χ1n) is 13.1. The van der Waals surface area contributed by atoms with Gasteiger partial charge in [-0.3, -0.25) is 4.79 Å². The Morgan fingerprint density at radius 2 is 1.84 bits per heavy atom. The average Bonchev–Trinajstić information content (AvgIpc) is 2.93. The summed E-state index contributed by atoms with van der Waals surface area (Å²) in [6.45, 7) is 6.84. The number of hydrogen-bond acceptors (Lipinski definition) is 7. The number of sulfonamides is 1. The molecule has 0 radical (unpaired) electrons. The van der Waals surface area contributed by atoms with Crippen LogP contribution < -0.4 is 5.32 Å². The average molecular weight is 567 g/mol. The molecule has 0 spiro atoms. The Hall–Kier alpha value is -2.34. The molecular formula is C26H36ClFN6O3S. The van der Waals surface area contributed by atoms with Gasteiger partial charge in [-0.1, -0.05) is 17.7 Å². The Labute approximate surface area is 229 Å². The van der Waals surface area contributed by atoms with Crippen LogP contribution in [0, 0.1) is 12.7 Å². The highest BCUT2D eigenvalue weighted by Gasteiger charge is 2.33. The van der Waals surface area contributed by atoms with Crippen LogP contribution >= 0.6 is 11.6 Å². The summed E-state index contributed by atoms with van der Waals surface area (Å²) in [4.78, 5) is 26.2. The van der Waals surface area contributed by atoms with Gasteiger partial charge in [0.2, 0.25) is 10.0 Å². The number of likely N-dealkylation sites (tertiary alicyclic amines) is 2. The Bertz CT molecular complexity index is 1250. The molecule has 2 aliphatic rings. The number of halogens is 2. The number of hydrogen-bond donors (Lipinski definition) is 1. The molecular weight excluding hydrogens is 531 g/mol. The van der Waals surface area contributed by atoms with Crippen molar-refractivity contribution in [2.24, 2.45) is 0 Å². The van der Waals surface area contributed by atoms with Gasteiger partial charge in [0.25, 0.3) is 5.91 Å². The maximum Gasteiger partial charge on any atom is 0.272 e. The first-order valence-corrected chi connectivity index (χ1v) is 15.1. The molecule has 2 fully saturated rings. The lowest BCUT2D eigenvalue weighted by Crippen LogP contribution is -2.52. The van der Waals surface area contributed by atoms with Gasteiger partial charge >= 0.3 is 0 Å². The molecule has 0 aliphatic carbocycles. The standard InChI is InChI=1S/C26H36ClFN6O3S/c1-4-38(36,37)32(3)20-7-11-33(12-8-20)21-9-13-34(14-10-21)26(35)24-18(2)25(31-17-30-24)29-16-19-5-6-22(27)23(28)15-19/h5-6,15,17,20-21H,4,7-14,16H2,1-3H3,(H,29,30,31). The van der Waals surface area contributed by atoms with Gasteiger partial charge in [-0.25, -0.2) is 27.1 Å². The van der Waals surface area contributed by atoms with Crippen LogP contribution in [0.4, 0.5) is 10.2 Å². The summed E-state index contributed by atoms with van der Waals surface area (Å²) in [5, 5.41) is 3.24. The van der Waals surface area contributed by atoms with E-state index in [0.717, 1.165) is 38.8 Å². The minimum atomic E-state index is -3.18. The van der Waals surface area contributed by atoms with Gasteiger partial charge in [0.05, 0.1) is 10.8 Å². The number of nitrogens with one attached hydrogen (secondary N) is 1. The van der Waals surface area contributed by atoms with E-state index in [-0.39, 0.29) is 22.7 Å². The second kappa shape index (κ2) is 12.2. The molecule has 2 saturated heterocycles. The summed E-state index contributed by atoms with van der Waals surface area (Å²) < 4.78 is 39.7. The van der Waals surface area contributed by atoms with Crippen LogP contribution in [-0.4, -0.2) is 89.5 Å². The van der Waals surface area contributed by atoms with Crippen molar-refractivity contribution in [1.82, 2.24) is 24.1 Å². The molecule has 3 heterocycles. The van der Waals surface area contributed by atoms with Crippen molar-refractivity contribution in [3.63, 3.8) is 0 Å². The van der Waals surface area contributed by atoms with Crippen molar-refractivity contribution >= 4 is 33.3 Å². The summed E-state index contributed by atoms with van der Waals surface area (Å²) in [6.07, 6.45) is 4.77. The second-order valence-corrected chi connectivity index (χ2v) is 12.7. The molecule has 0 saturated carbocycles. The van der Waals surface area contributed by atoms with Crippen LogP contribution in [0.2, 0.25) is 5.02 Å². The Balaban J connectivity index is 1.30. The Kier molecular flexibility index (Phi) is 9.23. The number of nitrogens with zero attached hydrogens (tertiary/aromatic N) is 5. The molecule has 0 unspecified atom stereocenters. The first kappa shape index (κ1) is 28.7. The molecule has 12 heteroatoms. The van der Waals surface area contributed by atoms with E-state index in [9.17, 15) is 17.6 Å². The summed E-state index contributed by atoms with van der Waals surface area (Å²) in [7, 11) is -1.48. The molecule has 0 bridgehead atoms. The van der Waals surface area contributed by atoms with Gasteiger partial charge in [-0.2, -0.15) is 0 Å². The highest BCUT2D eigenvalue weighted by molar-refractivity contribution is 7.89. The number of amides is 1. The largest absolute Gasteiger partial charge is 0.366 e. The molecule has 0 atom stereocenters. The number of piperidine rings is 2. The highest BCUT2D eigenvalue weighted by Crippen LogP contribution is 2.26. The zero-order chi connectivity index (χ0) is 27.4. The van der Waals surface area contributed by atoms with Gasteiger partial charge in [-0.15, -0.1) is 0 Å². The number of carbonyl (C=O) groups excluding carboxylic acids is 1. The van der Waals surface area contributed by atoms with Gasteiger partial charge in [0.1, 0.15) is 23.7 Å². The smallest absolute Gasteiger partial charge is 0.272 e. The zero-order valence-electron chi connectivity index (χ0n) is 22.2. The van der Waals surface area contributed by atoms with E-state index in [4.69, 9.17) is 11.6 Å². The molecule has 9 nitrogen and oxygen atoms in total. The van der Waals surface area contributed by atoms with Gasteiger partial charge in [-0.05, 0) is 70.3 Å². The van der Waals surface area contributed by atoms with E-state index in [1.165, 1.54) is 18.5 Å². The third-order valence-corrected chi connectivity index (χ3v) is 10.0. The minimum Gasteiger partial charge on any atom is -0.366 e. The molecule has 38 heavy (non-hydrogen) atoms. The Morgan fingerprint density at radius 1 is 1.16 bits per heavy atom. The predicted molar refractivity (Wildman–Crippen MR) is 146 cm³/mol. The van der Waals surface area contributed by atoms with Crippen LogP contribution in [-0.2, 0) is 16.6 Å². The van der Waals surface area contributed by atoms with Crippen molar-refractivity contribution in [2.45, 2.75) is 58.2 Å². The lowest BCUT2D eigenvalue weighted by molar-refractivity contribution is 0.0542. The first-order chi connectivity index (χ1) is 18.1. The van der Waals surface area contributed by atoms with Crippen LogP contribution in [0.15, 0.2) is 24.5 Å². The predicted octanol–water partition coefficient (Wildman–Crippen LogP) is 3.54. The second-order valence-electron chi connectivity index (χ2n) is 10.0. The van der Waals surface area contributed by atoms with Crippen LogP contribution in [0.25, 0.3) is 0 Å². The lowest BCUT2D eigenvalue weighted by atomic mass is 9.97. The molecule has 1 amide bonds. The fraction of sp³-hybridized carbons (Fsp3) is 0.577. The minimum absolute atomic E-state index is 0.0557. The van der Waals surface area contributed by atoms with E-state index in [2.05, 4.69) is 20.2 Å². The van der Waals surface area contributed by atoms with Crippen molar-refractivity contribution in [1.29, 1.82) is 0 Å². The SMILES string of the molecule is CCS(=O)(=O)N(C)C1CCN(C2CCN(C(=O)c3ncnc(NCc4ccc(Cl)c(F)c4)c3C)CC2)CC1. The summed E-state index contributed by atoms with van der Waals surface area (Å²) in [5.41, 5.74) is 1.73. The van der Waals surface area contributed by atoms with Gasteiger partial charge < -0.3 is 15.1 Å². The van der Waals surface area contributed by atoms with Crippen LogP contribution in [0.1, 0.15) is 54.2 Å². The van der Waals surface area contributed by atoms with Gasteiger partial charge in [0, 0.05) is 44.3 Å². The van der Waals surface area contributed by atoms with Crippen molar-refractivity contribution in [3.8, 4) is 0 Å². The molecule has 2 aliphatic heterocycles.